The quantitative estimate of drug-likeness (QED) is 0.103. The second-order valence-electron chi connectivity index (χ2n) is 21.1. The molecule has 15 nitrogen and oxygen atoms in total. The summed E-state index contributed by atoms with van der Waals surface area (Å²) in [4.78, 5) is 44.6. The van der Waals surface area contributed by atoms with Crippen LogP contribution in [0.2, 0.25) is 0 Å². The number of aromatic nitrogens is 3. The van der Waals surface area contributed by atoms with Crippen LogP contribution in [0.1, 0.15) is 81.5 Å². The molecule has 0 saturated heterocycles. The van der Waals surface area contributed by atoms with Gasteiger partial charge in [-0.25, -0.2) is 14.4 Å². The van der Waals surface area contributed by atoms with Crippen molar-refractivity contribution in [1.82, 2.24) is 15.0 Å². The standard InChI is InChI=1S/3C13H9NO.3C12H8F3NO2.Al/c3*14-9-10-1-3-11(4-2-10)12-5-7-13(15)8-6-12;3*1-6-2-3-7-9(12(13,14)15)5-4-8(11(17)18)10(7)16-6;/h3*1-8,15H;3*2-5H,1H3,(H,17,18);/q;;;;;;+3/p-3. The van der Waals surface area contributed by atoms with Gasteiger partial charge in [0.15, 0.2) is 0 Å². The van der Waals surface area contributed by atoms with Crippen molar-refractivity contribution in [2.45, 2.75) is 39.3 Å². The van der Waals surface area contributed by atoms with Crippen LogP contribution in [0.4, 0.5) is 39.5 Å². The van der Waals surface area contributed by atoms with Crippen molar-refractivity contribution < 1.29 is 84.5 Å². The van der Waals surface area contributed by atoms with Crippen LogP contribution >= 0.6 is 0 Å². The van der Waals surface area contributed by atoms with Crippen molar-refractivity contribution in [2.75, 3.05) is 0 Å². The van der Waals surface area contributed by atoms with E-state index >= 15 is 0 Å². The average Bonchev–Trinajstić information content (AvgIpc) is 0.786. The second kappa shape index (κ2) is 33.4. The van der Waals surface area contributed by atoms with E-state index in [0.717, 1.165) is 69.8 Å². The molecule has 0 spiro atoms. The average molecular weight is 1380 g/mol. The molecule has 0 radical (unpaired) electrons. The van der Waals surface area contributed by atoms with Gasteiger partial charge in [-0.3, -0.25) is 15.0 Å². The molecule has 0 atom stereocenters. The van der Waals surface area contributed by atoms with Crippen LogP contribution in [-0.2, 0) is 18.5 Å². The number of halogens is 9. The number of pyridine rings is 3. The van der Waals surface area contributed by atoms with E-state index in [4.69, 9.17) is 31.1 Å². The fourth-order valence-corrected chi connectivity index (χ4v) is 9.36. The van der Waals surface area contributed by atoms with Gasteiger partial charge in [0.1, 0.15) is 0 Å². The van der Waals surface area contributed by atoms with E-state index in [1.807, 2.05) is 36.4 Å². The van der Waals surface area contributed by atoms with E-state index in [-0.39, 0.29) is 84.0 Å². The monoisotopic (exact) mass is 1370 g/mol. The maximum absolute atomic E-state index is 12.8. The first kappa shape index (κ1) is 76.4. The van der Waals surface area contributed by atoms with Gasteiger partial charge in [-0.15, -0.1) is 17.2 Å². The molecule has 3 N–H and O–H groups in total. The van der Waals surface area contributed by atoms with Crippen molar-refractivity contribution in [3.63, 3.8) is 0 Å². The number of nitriles is 3. The Balaban J connectivity index is 0.000000189. The number of benzene rings is 9. The molecule has 12 rings (SSSR count). The molecule has 0 unspecified atom stereocenters. The summed E-state index contributed by atoms with van der Waals surface area (Å²) in [6.45, 7) is 4.77. The molecule has 12 aromatic rings. The van der Waals surface area contributed by atoms with Crippen LogP contribution < -0.4 is 15.3 Å². The molecule has 498 valence electrons. The molecular weight excluding hydrogens is 1330 g/mol. The molecule has 0 bridgehead atoms. The Bertz CT molecular complexity index is 4540. The van der Waals surface area contributed by atoms with Crippen LogP contribution in [0, 0.1) is 54.8 Å². The molecule has 25 heteroatoms. The third-order valence-electron chi connectivity index (χ3n) is 14.2. The Hall–Kier alpha value is -12.6. The largest absolute Gasteiger partial charge is 3.00 e. The Morgan fingerprint density at radius 3 is 0.680 bits per heavy atom. The van der Waals surface area contributed by atoms with Gasteiger partial charge in [0.05, 0.1) is 84.8 Å². The molecule has 0 saturated carbocycles. The van der Waals surface area contributed by atoms with E-state index in [1.165, 1.54) is 72.8 Å². The number of rotatable bonds is 6. The minimum atomic E-state index is -4.54. The number of carbonyl (C=O) groups is 3. The van der Waals surface area contributed by atoms with Gasteiger partial charge in [-0.2, -0.15) is 55.3 Å². The molecule has 9 aromatic carbocycles. The second-order valence-corrected chi connectivity index (χ2v) is 21.1. The van der Waals surface area contributed by atoms with Crippen LogP contribution in [0.15, 0.2) is 218 Å². The van der Waals surface area contributed by atoms with Crippen LogP contribution in [0.5, 0.6) is 17.2 Å². The first-order valence-corrected chi connectivity index (χ1v) is 28.8. The zero-order valence-corrected chi connectivity index (χ0v) is 53.4. The fourth-order valence-electron chi connectivity index (χ4n) is 9.36. The molecule has 0 aliphatic rings. The zero-order chi connectivity index (χ0) is 72.5. The Labute approximate surface area is 574 Å². The summed E-state index contributed by atoms with van der Waals surface area (Å²) in [6.07, 6.45) is -13.6. The first-order chi connectivity index (χ1) is 46.8. The third-order valence-corrected chi connectivity index (χ3v) is 14.2. The number of hydrogen-bond acceptors (Lipinski definition) is 12. The summed E-state index contributed by atoms with van der Waals surface area (Å²) in [6, 6.07) is 61.0. The molecule has 0 amide bonds. The summed E-state index contributed by atoms with van der Waals surface area (Å²) in [5, 5.41) is 84.9. The van der Waals surface area contributed by atoms with Gasteiger partial charge in [-0.05, 0) is 145 Å². The van der Waals surface area contributed by atoms with Gasteiger partial charge < -0.3 is 30.6 Å². The smallest absolute Gasteiger partial charge is 0.872 e. The minimum absolute atomic E-state index is 0. The summed E-state index contributed by atoms with van der Waals surface area (Å²) >= 11 is 0. The van der Waals surface area contributed by atoms with Crippen LogP contribution in [0.3, 0.4) is 0 Å². The van der Waals surface area contributed by atoms with Crippen molar-refractivity contribution in [1.29, 1.82) is 15.8 Å². The summed E-state index contributed by atoms with van der Waals surface area (Å²) in [7, 11) is 0. The SMILES string of the molecule is Cc1ccc2c(C(F)(F)F)ccc(C(=O)O)c2n1.Cc1ccc2c(C(F)(F)F)ccc(C(=O)O)c2n1.Cc1ccc2c(C(F)(F)F)ccc(C(=O)O)c2n1.N#Cc1ccc(-c2ccc([O-])cc2)cc1.N#Cc1ccc(-c2ccc([O-])cc2)cc1.N#Cc1ccc(-c2ccc([O-])cc2)cc1.[Al+3]. The minimum Gasteiger partial charge on any atom is -0.872 e. The Morgan fingerprint density at radius 1 is 0.320 bits per heavy atom. The maximum atomic E-state index is 12.8. The van der Waals surface area contributed by atoms with Gasteiger partial charge in [0.2, 0.25) is 0 Å². The number of hydrogen-bond donors (Lipinski definition) is 3. The van der Waals surface area contributed by atoms with E-state index in [2.05, 4.69) is 33.2 Å². The predicted octanol–water partition coefficient (Wildman–Crippen LogP) is 16.3. The van der Waals surface area contributed by atoms with Gasteiger partial charge in [-0.1, -0.05) is 127 Å². The van der Waals surface area contributed by atoms with E-state index in [0.29, 0.717) is 33.8 Å². The first-order valence-electron chi connectivity index (χ1n) is 28.8. The topological polar surface area (TPSA) is 291 Å². The third kappa shape index (κ3) is 20.2. The summed E-state index contributed by atoms with van der Waals surface area (Å²) < 4.78 is 115. The fraction of sp³-hybridized carbons (Fsp3) is 0.0800. The van der Waals surface area contributed by atoms with E-state index in [1.54, 1.807) is 93.6 Å². The molecule has 0 aliphatic carbocycles. The molecular formula is C75H48AlF9N6O9. The van der Waals surface area contributed by atoms with Crippen molar-refractivity contribution in [3.8, 4) is 68.8 Å². The van der Waals surface area contributed by atoms with E-state index < -0.39 is 53.1 Å². The Kier molecular flexibility index (Phi) is 25.5. The number of carboxylic acids is 3. The molecule has 0 fully saturated rings. The molecule has 100 heavy (non-hydrogen) atoms. The van der Waals surface area contributed by atoms with Crippen molar-refractivity contribution in [3.05, 3.63) is 286 Å². The van der Waals surface area contributed by atoms with Gasteiger partial charge in [0.25, 0.3) is 0 Å². The zero-order valence-electron chi connectivity index (χ0n) is 52.2. The predicted molar refractivity (Wildman–Crippen MR) is 349 cm³/mol. The molecule has 3 heterocycles. The number of nitrogens with zero attached hydrogens (tertiary/aromatic N) is 6. The normalized spacial score (nSPS) is 10.7. The van der Waals surface area contributed by atoms with Gasteiger partial charge in [0, 0.05) is 33.2 Å². The van der Waals surface area contributed by atoms with Crippen LogP contribution in [-0.4, -0.2) is 65.5 Å². The van der Waals surface area contributed by atoms with Gasteiger partial charge >= 0.3 is 53.8 Å². The number of fused-ring (bicyclic) bond motifs is 3. The van der Waals surface area contributed by atoms with Crippen molar-refractivity contribution in [2.24, 2.45) is 0 Å². The van der Waals surface area contributed by atoms with E-state index in [9.17, 15) is 69.2 Å². The van der Waals surface area contributed by atoms with Crippen LogP contribution in [0.25, 0.3) is 66.1 Å². The number of aromatic carboxylic acids is 3. The molecule has 0 aliphatic heterocycles. The molecule has 3 aromatic heterocycles. The maximum Gasteiger partial charge on any atom is 3.00 e. The Morgan fingerprint density at radius 2 is 0.510 bits per heavy atom. The summed E-state index contributed by atoms with van der Waals surface area (Å²) in [5.74, 6) is -3.88. The van der Waals surface area contributed by atoms with Crippen molar-refractivity contribution >= 4 is 68.0 Å². The number of aryl methyl sites for hydroxylation is 3. The summed E-state index contributed by atoms with van der Waals surface area (Å²) in [5.41, 5.74) is 5.52. The number of alkyl halides is 9. The number of carboxylic acid groups (broad SMARTS) is 3.